The van der Waals surface area contributed by atoms with E-state index in [-0.39, 0.29) is 6.61 Å². The van der Waals surface area contributed by atoms with Crippen LogP contribution in [-0.2, 0) is 4.84 Å². The summed E-state index contributed by atoms with van der Waals surface area (Å²) in [5, 5.41) is 5.56. The number of hydrogen-bond donors (Lipinski definition) is 1. The number of fused-ring (bicyclic) bond motifs is 5. The third kappa shape index (κ3) is 5.35. The zero-order valence-corrected chi connectivity index (χ0v) is 22.8. The zero-order valence-electron chi connectivity index (χ0n) is 22.8. The van der Waals surface area contributed by atoms with Gasteiger partial charge >= 0.3 is 0 Å². The van der Waals surface area contributed by atoms with Crippen molar-refractivity contribution in [1.82, 2.24) is 9.88 Å². The van der Waals surface area contributed by atoms with Crippen molar-refractivity contribution in [2.24, 2.45) is 5.16 Å². The van der Waals surface area contributed by atoms with Gasteiger partial charge in [-0.3, -0.25) is 0 Å². The monoisotopic (exact) mass is 525 g/mol. The van der Waals surface area contributed by atoms with Crippen LogP contribution in [0.1, 0.15) is 16.7 Å². The number of oxime groups is 1. The highest BCUT2D eigenvalue weighted by atomic mass is 16.6. The van der Waals surface area contributed by atoms with Crippen LogP contribution in [0.2, 0.25) is 0 Å². The van der Waals surface area contributed by atoms with Crippen LogP contribution in [0.15, 0.2) is 59.8 Å². The summed E-state index contributed by atoms with van der Waals surface area (Å²) in [6.07, 6.45) is 0. The van der Waals surface area contributed by atoms with E-state index >= 15 is 0 Å². The Balaban J connectivity index is 1.49. The molecule has 1 aliphatic carbocycles. The van der Waals surface area contributed by atoms with Crippen LogP contribution in [0, 0.1) is 11.8 Å². The molecule has 1 aromatic heterocycles. The third-order valence-corrected chi connectivity index (χ3v) is 6.48. The van der Waals surface area contributed by atoms with Crippen LogP contribution in [-0.4, -0.2) is 70.8 Å². The Morgan fingerprint density at radius 2 is 1.56 bits per heavy atom. The first-order chi connectivity index (χ1) is 19.0. The standard InChI is InChI=1S/C31H31N3O5/c1-34(2)14-16-38-22-12-13-26-25(17-22)29-30(32-26)23-18-27(36-4)28(37-5)19-24(23)31(29)33-39-15-6-7-20-8-10-21(35-3)11-9-20/h8-13,17-19,32H,14-16H2,1-5H3/b33-31-. The van der Waals surface area contributed by atoms with E-state index in [0.717, 1.165) is 56.9 Å². The lowest BCUT2D eigenvalue weighted by Crippen LogP contribution is -2.19. The zero-order chi connectivity index (χ0) is 27.4. The molecule has 0 aliphatic heterocycles. The van der Waals surface area contributed by atoms with E-state index in [1.165, 1.54) is 0 Å². The smallest absolute Gasteiger partial charge is 0.177 e. The second-order valence-electron chi connectivity index (χ2n) is 9.23. The molecule has 8 heteroatoms. The maximum Gasteiger partial charge on any atom is 0.177 e. The highest BCUT2D eigenvalue weighted by molar-refractivity contribution is 6.30. The van der Waals surface area contributed by atoms with Crippen LogP contribution < -0.4 is 18.9 Å². The molecule has 0 radical (unpaired) electrons. The van der Waals surface area contributed by atoms with Gasteiger partial charge in [-0.15, -0.1) is 0 Å². The third-order valence-electron chi connectivity index (χ3n) is 6.48. The van der Waals surface area contributed by atoms with Gasteiger partial charge in [-0.1, -0.05) is 17.0 Å². The first-order valence-corrected chi connectivity index (χ1v) is 12.6. The minimum absolute atomic E-state index is 0.134. The summed E-state index contributed by atoms with van der Waals surface area (Å²) in [7, 11) is 8.93. The molecule has 5 rings (SSSR count). The summed E-state index contributed by atoms with van der Waals surface area (Å²) in [6.45, 7) is 1.55. The number of rotatable bonds is 9. The molecule has 4 aromatic rings. The van der Waals surface area contributed by atoms with Gasteiger partial charge in [0.25, 0.3) is 0 Å². The Morgan fingerprint density at radius 3 is 2.26 bits per heavy atom. The topological polar surface area (TPSA) is 77.5 Å². The molecule has 0 fully saturated rings. The molecule has 0 atom stereocenters. The van der Waals surface area contributed by atoms with Crippen molar-refractivity contribution in [3.05, 3.63) is 71.3 Å². The van der Waals surface area contributed by atoms with Crippen molar-refractivity contribution >= 4 is 16.6 Å². The van der Waals surface area contributed by atoms with Crippen molar-refractivity contribution in [3.63, 3.8) is 0 Å². The number of benzene rings is 3. The minimum atomic E-state index is 0.134. The fraction of sp³-hybridized carbons (Fsp3) is 0.258. The highest BCUT2D eigenvalue weighted by Crippen LogP contribution is 2.46. The number of hydrogen-bond acceptors (Lipinski definition) is 7. The number of nitrogens with zero attached hydrogens (tertiary/aromatic N) is 2. The summed E-state index contributed by atoms with van der Waals surface area (Å²) >= 11 is 0. The van der Waals surface area contributed by atoms with Crippen LogP contribution in [0.4, 0.5) is 0 Å². The van der Waals surface area contributed by atoms with Gasteiger partial charge in [0.05, 0.1) is 27.0 Å². The highest BCUT2D eigenvalue weighted by Gasteiger charge is 2.32. The summed E-state index contributed by atoms with van der Waals surface area (Å²) < 4.78 is 22.4. The van der Waals surface area contributed by atoms with E-state index in [9.17, 15) is 0 Å². The van der Waals surface area contributed by atoms with Gasteiger partial charge in [0, 0.05) is 39.7 Å². The van der Waals surface area contributed by atoms with E-state index in [4.69, 9.17) is 23.8 Å². The molecule has 0 spiro atoms. The summed E-state index contributed by atoms with van der Waals surface area (Å²) in [5.74, 6) is 8.96. The summed E-state index contributed by atoms with van der Waals surface area (Å²) in [5.41, 5.74) is 6.28. The minimum Gasteiger partial charge on any atom is -0.497 e. The molecule has 39 heavy (non-hydrogen) atoms. The maximum atomic E-state index is 6.02. The number of aromatic nitrogens is 1. The number of aromatic amines is 1. The molecule has 1 heterocycles. The molecule has 8 nitrogen and oxygen atoms in total. The van der Waals surface area contributed by atoms with Gasteiger partial charge in [-0.2, -0.15) is 0 Å². The second-order valence-corrected chi connectivity index (χ2v) is 9.23. The summed E-state index contributed by atoms with van der Waals surface area (Å²) in [4.78, 5) is 11.4. The van der Waals surface area contributed by atoms with Gasteiger partial charge in [0.15, 0.2) is 18.1 Å². The predicted molar refractivity (Wildman–Crippen MR) is 152 cm³/mol. The van der Waals surface area contributed by atoms with Crippen LogP contribution in [0.5, 0.6) is 23.0 Å². The van der Waals surface area contributed by atoms with Crippen LogP contribution >= 0.6 is 0 Å². The Labute approximate surface area is 228 Å². The predicted octanol–water partition coefficient (Wildman–Crippen LogP) is 4.94. The molecule has 1 N–H and O–H groups in total. The van der Waals surface area contributed by atoms with Crippen molar-refractivity contribution in [2.75, 3.05) is 55.2 Å². The molecule has 0 saturated heterocycles. The van der Waals surface area contributed by atoms with E-state index < -0.39 is 0 Å². The Bertz CT molecular complexity index is 1580. The lowest BCUT2D eigenvalue weighted by molar-refractivity contribution is 0.180. The number of ether oxygens (including phenoxy) is 4. The Hall–Kier alpha value is -4.61. The van der Waals surface area contributed by atoms with Crippen molar-refractivity contribution in [2.45, 2.75) is 0 Å². The van der Waals surface area contributed by atoms with Crippen LogP contribution in [0.25, 0.3) is 22.2 Å². The molecular formula is C31H31N3O5. The van der Waals surface area contributed by atoms with Crippen molar-refractivity contribution in [3.8, 4) is 46.1 Å². The fourth-order valence-electron chi connectivity index (χ4n) is 4.51. The summed E-state index contributed by atoms with van der Waals surface area (Å²) in [6, 6.07) is 17.5. The van der Waals surface area contributed by atoms with E-state index in [1.807, 2.05) is 68.7 Å². The van der Waals surface area contributed by atoms with E-state index in [2.05, 4.69) is 26.9 Å². The number of H-pyrrole nitrogens is 1. The van der Waals surface area contributed by atoms with Crippen molar-refractivity contribution < 1.29 is 23.8 Å². The van der Waals surface area contributed by atoms with Crippen molar-refractivity contribution in [1.29, 1.82) is 0 Å². The number of likely N-dealkylation sites (N-methyl/N-ethyl adjacent to an activating group) is 1. The van der Waals surface area contributed by atoms with Gasteiger partial charge in [0.2, 0.25) is 0 Å². The van der Waals surface area contributed by atoms with Gasteiger partial charge in [0.1, 0.15) is 23.8 Å². The van der Waals surface area contributed by atoms with Gasteiger partial charge < -0.3 is 33.7 Å². The normalized spacial score (nSPS) is 12.6. The number of methoxy groups -OCH3 is 3. The Morgan fingerprint density at radius 1 is 0.846 bits per heavy atom. The quantitative estimate of drug-likeness (QED) is 0.167. The van der Waals surface area contributed by atoms with Gasteiger partial charge in [-0.05, 0) is 68.7 Å². The molecule has 1 aliphatic rings. The van der Waals surface area contributed by atoms with Crippen LogP contribution in [0.3, 0.4) is 0 Å². The fourth-order valence-corrected chi connectivity index (χ4v) is 4.51. The molecule has 3 aromatic carbocycles. The molecule has 0 amide bonds. The first kappa shape index (κ1) is 26.0. The first-order valence-electron chi connectivity index (χ1n) is 12.6. The molecule has 200 valence electrons. The molecule has 0 saturated carbocycles. The van der Waals surface area contributed by atoms with E-state index in [0.29, 0.717) is 23.8 Å². The molecular weight excluding hydrogens is 494 g/mol. The number of nitrogens with one attached hydrogen (secondary N) is 1. The Kier molecular flexibility index (Phi) is 7.62. The lowest BCUT2D eigenvalue weighted by atomic mass is 10.1. The molecule has 0 unspecified atom stereocenters. The molecule has 0 bridgehead atoms. The SMILES string of the molecule is COc1ccc(C#CCO/N=C2/c3cc(OC)c(OC)cc3-c3[nH]c4ccc(OCCN(C)C)cc4c32)cc1. The largest absolute Gasteiger partial charge is 0.497 e. The van der Waals surface area contributed by atoms with Gasteiger partial charge in [-0.25, -0.2) is 0 Å². The van der Waals surface area contributed by atoms with E-state index in [1.54, 1.807) is 21.3 Å². The second kappa shape index (κ2) is 11.4. The average molecular weight is 526 g/mol. The average Bonchev–Trinajstić information content (AvgIpc) is 3.46. The lowest BCUT2D eigenvalue weighted by Gasteiger charge is -2.12. The maximum absolute atomic E-state index is 6.02.